The summed E-state index contributed by atoms with van der Waals surface area (Å²) < 4.78 is 11.2. The number of oxazole rings is 1. The van der Waals surface area contributed by atoms with E-state index in [9.17, 15) is 9.90 Å². The van der Waals surface area contributed by atoms with Crippen LogP contribution in [0.5, 0.6) is 5.75 Å². The summed E-state index contributed by atoms with van der Waals surface area (Å²) in [6, 6.07) is 14.5. The molecule has 1 atom stereocenters. The van der Waals surface area contributed by atoms with Crippen molar-refractivity contribution in [3.63, 3.8) is 0 Å². The molecule has 190 valence electrons. The lowest BCUT2D eigenvalue weighted by molar-refractivity contribution is 0.0836. The summed E-state index contributed by atoms with van der Waals surface area (Å²) in [4.78, 5) is 19.1. The molecule has 0 radical (unpaired) electrons. The smallest absolute Gasteiger partial charge is 0.181 e. The Morgan fingerprint density at radius 3 is 2.92 bits per heavy atom. The van der Waals surface area contributed by atoms with E-state index < -0.39 is 6.10 Å². The minimum absolute atomic E-state index is 0.0864. The number of aliphatic hydroxyl groups excluding tert-OH is 1. The van der Waals surface area contributed by atoms with Gasteiger partial charge in [-0.3, -0.25) is 9.69 Å². The van der Waals surface area contributed by atoms with E-state index in [1.807, 2.05) is 37.3 Å². The van der Waals surface area contributed by atoms with Crippen LogP contribution in [-0.2, 0) is 19.6 Å². The zero-order chi connectivity index (χ0) is 24.9. The van der Waals surface area contributed by atoms with Gasteiger partial charge in [0, 0.05) is 43.3 Å². The van der Waals surface area contributed by atoms with Gasteiger partial charge < -0.3 is 19.6 Å². The topological polar surface area (TPSA) is 87.8 Å². The lowest BCUT2D eigenvalue weighted by atomic mass is 9.93. The molecular weight excluding hydrogens is 454 g/mol. The maximum Gasteiger partial charge on any atom is 0.181 e. The third-order valence-corrected chi connectivity index (χ3v) is 7.32. The number of carbonyl (C=O) groups is 1. The fraction of sp³-hybridized carbons (Fsp3) is 0.448. The lowest BCUT2D eigenvalue weighted by Crippen LogP contribution is -2.36. The Bertz CT molecular complexity index is 1190. The molecule has 1 aromatic heterocycles. The van der Waals surface area contributed by atoms with Gasteiger partial charge >= 0.3 is 0 Å². The van der Waals surface area contributed by atoms with Crippen molar-refractivity contribution in [2.75, 3.05) is 18.4 Å². The number of aryl methyl sites for hydroxylation is 1. The standard InChI is InChI=1S/C29H35N3O4/c1-20-29(36-19-30-20)18-35-27-10-8-23-16-32(13-12-21(23)15-27)17-26(33)9-11-28(34)22-4-2-7-25(14-22)31-24-5-3-6-24/h2,4,7-8,10,14-15,19,24,26,31,33H,3,5-6,9,11-13,16-18H2,1H3/t26-/m0/s1. The zero-order valence-corrected chi connectivity index (χ0v) is 20.9. The van der Waals surface area contributed by atoms with E-state index in [4.69, 9.17) is 9.15 Å². The van der Waals surface area contributed by atoms with Crippen molar-refractivity contribution in [1.29, 1.82) is 0 Å². The molecule has 7 heteroatoms. The van der Waals surface area contributed by atoms with Gasteiger partial charge in [0.15, 0.2) is 17.9 Å². The number of aliphatic hydroxyl groups is 1. The molecule has 0 unspecified atom stereocenters. The van der Waals surface area contributed by atoms with Crippen molar-refractivity contribution in [2.45, 2.75) is 70.7 Å². The molecule has 0 saturated heterocycles. The second-order valence-electron chi connectivity index (χ2n) is 10.0. The summed E-state index contributed by atoms with van der Waals surface area (Å²) in [5, 5.41) is 14.1. The Hall–Kier alpha value is -3.16. The summed E-state index contributed by atoms with van der Waals surface area (Å²) >= 11 is 0. The first-order valence-corrected chi connectivity index (χ1v) is 13.0. The molecule has 1 aliphatic heterocycles. The molecule has 7 nitrogen and oxygen atoms in total. The predicted octanol–water partition coefficient (Wildman–Crippen LogP) is 4.91. The fourth-order valence-corrected chi connectivity index (χ4v) is 4.85. The van der Waals surface area contributed by atoms with Gasteiger partial charge in [-0.15, -0.1) is 0 Å². The first-order chi connectivity index (χ1) is 17.5. The molecule has 1 saturated carbocycles. The van der Waals surface area contributed by atoms with E-state index in [0.29, 0.717) is 32.0 Å². The average Bonchev–Trinajstić information content (AvgIpc) is 3.28. The average molecular weight is 490 g/mol. The van der Waals surface area contributed by atoms with Crippen LogP contribution in [-0.4, -0.2) is 46.0 Å². The van der Waals surface area contributed by atoms with E-state index in [-0.39, 0.29) is 5.78 Å². The number of fused-ring (bicyclic) bond motifs is 1. The quantitative estimate of drug-likeness (QED) is 0.370. The molecule has 2 N–H and O–H groups in total. The van der Waals surface area contributed by atoms with Crippen molar-refractivity contribution in [1.82, 2.24) is 9.88 Å². The van der Waals surface area contributed by atoms with Crippen LogP contribution in [0.1, 0.15) is 65.0 Å². The second-order valence-corrected chi connectivity index (χ2v) is 10.0. The Labute approximate surface area is 212 Å². The van der Waals surface area contributed by atoms with Crippen LogP contribution in [0, 0.1) is 6.92 Å². The number of nitrogens with one attached hydrogen (secondary N) is 1. The molecule has 2 heterocycles. The van der Waals surface area contributed by atoms with Crippen LogP contribution in [0.15, 0.2) is 53.3 Å². The Morgan fingerprint density at radius 2 is 2.14 bits per heavy atom. The maximum absolute atomic E-state index is 12.7. The number of ether oxygens (including phenoxy) is 1. The van der Waals surface area contributed by atoms with Crippen LogP contribution in [0.25, 0.3) is 0 Å². The normalized spacial score (nSPS) is 16.7. The summed E-state index contributed by atoms with van der Waals surface area (Å²) in [7, 11) is 0. The van der Waals surface area contributed by atoms with E-state index in [0.717, 1.165) is 48.0 Å². The van der Waals surface area contributed by atoms with Crippen LogP contribution in [0.2, 0.25) is 0 Å². The number of ketones is 1. The van der Waals surface area contributed by atoms with E-state index in [1.165, 1.54) is 36.8 Å². The highest BCUT2D eigenvalue weighted by atomic mass is 16.5. The van der Waals surface area contributed by atoms with Crippen LogP contribution < -0.4 is 10.1 Å². The summed E-state index contributed by atoms with van der Waals surface area (Å²) in [6.07, 6.45) is 6.30. The molecule has 1 aliphatic carbocycles. The molecular formula is C29H35N3O4. The minimum Gasteiger partial charge on any atom is -0.486 e. The highest BCUT2D eigenvalue weighted by Gasteiger charge is 2.21. The Morgan fingerprint density at radius 1 is 1.25 bits per heavy atom. The van der Waals surface area contributed by atoms with Crippen molar-refractivity contribution in [3.05, 3.63) is 77.0 Å². The SMILES string of the molecule is Cc1ncoc1COc1ccc2c(c1)CCN(C[C@@H](O)CCC(=O)c1cccc(NC3CCC3)c1)C2. The molecule has 0 bridgehead atoms. The molecule has 0 amide bonds. The largest absolute Gasteiger partial charge is 0.486 e. The maximum atomic E-state index is 12.7. The monoisotopic (exact) mass is 489 g/mol. The number of nitrogens with zero attached hydrogens (tertiary/aromatic N) is 2. The van der Waals surface area contributed by atoms with Gasteiger partial charge in [0.1, 0.15) is 12.4 Å². The van der Waals surface area contributed by atoms with Gasteiger partial charge in [0.05, 0.1) is 11.8 Å². The molecule has 36 heavy (non-hydrogen) atoms. The molecule has 0 spiro atoms. The number of hydrogen-bond acceptors (Lipinski definition) is 7. The lowest BCUT2D eigenvalue weighted by Gasteiger charge is -2.30. The van der Waals surface area contributed by atoms with Crippen molar-refractivity contribution >= 4 is 11.5 Å². The second kappa shape index (κ2) is 11.3. The van der Waals surface area contributed by atoms with Crippen LogP contribution >= 0.6 is 0 Å². The van der Waals surface area contributed by atoms with Crippen LogP contribution in [0.4, 0.5) is 5.69 Å². The summed E-state index contributed by atoms with van der Waals surface area (Å²) in [6.45, 7) is 4.50. The summed E-state index contributed by atoms with van der Waals surface area (Å²) in [5.41, 5.74) is 5.11. The number of anilines is 1. The van der Waals surface area contributed by atoms with Gasteiger partial charge in [0.2, 0.25) is 0 Å². The third kappa shape index (κ3) is 6.15. The molecule has 3 aromatic rings. The number of benzene rings is 2. The Kier molecular flexibility index (Phi) is 7.68. The highest BCUT2D eigenvalue weighted by Crippen LogP contribution is 2.26. The number of hydrogen-bond donors (Lipinski definition) is 2. The number of β-amino-alcohol motifs (C(OH)–C–C–N with tert-alkyl or cyclic N) is 1. The molecule has 2 aromatic carbocycles. The predicted molar refractivity (Wildman–Crippen MR) is 138 cm³/mol. The number of aromatic nitrogens is 1. The van der Waals surface area contributed by atoms with Gasteiger partial charge in [0.25, 0.3) is 0 Å². The van der Waals surface area contributed by atoms with E-state index in [2.05, 4.69) is 27.3 Å². The van der Waals surface area contributed by atoms with Crippen molar-refractivity contribution in [3.8, 4) is 5.75 Å². The fourth-order valence-electron chi connectivity index (χ4n) is 4.85. The Balaban J connectivity index is 1.07. The van der Waals surface area contributed by atoms with Gasteiger partial charge in [-0.05, 0) is 74.4 Å². The number of carbonyl (C=O) groups excluding carboxylic acids is 1. The first-order valence-electron chi connectivity index (χ1n) is 13.0. The van der Waals surface area contributed by atoms with E-state index >= 15 is 0 Å². The van der Waals surface area contributed by atoms with E-state index in [1.54, 1.807) is 0 Å². The zero-order valence-electron chi connectivity index (χ0n) is 20.9. The van der Waals surface area contributed by atoms with Gasteiger partial charge in [-0.25, -0.2) is 4.98 Å². The summed E-state index contributed by atoms with van der Waals surface area (Å²) in [5.74, 6) is 1.65. The third-order valence-electron chi connectivity index (χ3n) is 7.32. The first kappa shape index (κ1) is 24.5. The minimum atomic E-state index is -0.528. The van der Waals surface area contributed by atoms with Crippen molar-refractivity contribution < 1.29 is 19.1 Å². The molecule has 1 fully saturated rings. The highest BCUT2D eigenvalue weighted by molar-refractivity contribution is 5.96. The van der Waals surface area contributed by atoms with Crippen LogP contribution in [0.3, 0.4) is 0 Å². The molecule has 5 rings (SSSR count). The number of Topliss-reactive ketones (excluding diaryl/α,β-unsaturated/α-hetero) is 1. The van der Waals surface area contributed by atoms with Gasteiger partial charge in [-0.1, -0.05) is 18.2 Å². The molecule has 2 aliphatic rings. The van der Waals surface area contributed by atoms with Gasteiger partial charge in [-0.2, -0.15) is 0 Å². The van der Waals surface area contributed by atoms with Crippen molar-refractivity contribution in [2.24, 2.45) is 0 Å². The number of rotatable bonds is 11.